The Hall–Kier alpha value is -5.56. The summed E-state index contributed by atoms with van der Waals surface area (Å²) in [6, 6.07) is 34.3. The number of aromatic nitrogens is 3. The number of nitrogens with one attached hydrogen (secondary N) is 2. The van der Waals surface area contributed by atoms with Gasteiger partial charge < -0.3 is 10.3 Å². The second-order valence-electron chi connectivity index (χ2n) is 13.9. The molecule has 0 saturated heterocycles. The minimum atomic E-state index is -4.42. The molecule has 6 bridgehead atoms. The molecule has 0 radical (unpaired) electrons. The zero-order chi connectivity index (χ0) is 42.6. The van der Waals surface area contributed by atoms with Crippen molar-refractivity contribution in [2.75, 3.05) is 12.4 Å². The number of hydrogen-bond donors (Lipinski definition) is 6. The van der Waals surface area contributed by atoms with Crippen molar-refractivity contribution in [3.63, 3.8) is 0 Å². The number of nitrogens with zero attached hydrogens (tertiary/aromatic N) is 2. The number of hydrogen-bond acceptors (Lipinski definition) is 8. The van der Waals surface area contributed by atoms with Gasteiger partial charge >= 0.3 is 0 Å². The molecule has 3 N–H and O–H groups in total. The summed E-state index contributed by atoms with van der Waals surface area (Å²) in [5.74, 6) is 0. The van der Waals surface area contributed by atoms with E-state index in [4.69, 9.17) is 9.97 Å². The summed E-state index contributed by atoms with van der Waals surface area (Å²) in [6.45, 7) is 6.08. The Bertz CT molecular complexity index is 2940. The Kier molecular flexibility index (Phi) is 13.0. The number of allylic oxidation sites excluding steroid dienone is 6. The van der Waals surface area contributed by atoms with Crippen LogP contribution in [-0.2, 0) is 10.1 Å². The fourth-order valence-corrected chi connectivity index (χ4v) is 8.26. The van der Waals surface area contributed by atoms with Gasteiger partial charge in [-0.15, -0.1) is 37.9 Å². The number of fused-ring (bicyclic) bond motifs is 6. The number of rotatable bonds is 6. The monoisotopic (exact) mass is 864 g/mol. The van der Waals surface area contributed by atoms with Crippen LogP contribution in [0.3, 0.4) is 0 Å². The molecule has 1 aliphatic carbocycles. The lowest BCUT2D eigenvalue weighted by Gasteiger charge is -2.11. The molecule has 5 aromatic rings. The number of thiol groups is 3. The van der Waals surface area contributed by atoms with Crippen molar-refractivity contribution in [1.82, 2.24) is 15.0 Å². The largest absolute Gasteiger partial charge is 0.388 e. The van der Waals surface area contributed by atoms with Crippen LogP contribution in [0.1, 0.15) is 55.5 Å². The van der Waals surface area contributed by atoms with Gasteiger partial charge in [-0.2, -0.15) is 8.42 Å². The van der Waals surface area contributed by atoms with Gasteiger partial charge in [0, 0.05) is 60.7 Å². The molecule has 11 heteroatoms. The first-order valence-corrected chi connectivity index (χ1v) is 22.2. The summed E-state index contributed by atoms with van der Waals surface area (Å²) in [7, 11) is -2.58. The number of benzene rings is 3. The van der Waals surface area contributed by atoms with E-state index in [-0.39, 0.29) is 4.91 Å². The van der Waals surface area contributed by atoms with Gasteiger partial charge in [0.1, 0.15) is 0 Å². The highest BCUT2D eigenvalue weighted by Crippen LogP contribution is 2.39. The van der Waals surface area contributed by atoms with Crippen LogP contribution in [0.25, 0.3) is 73.8 Å². The zero-order valence-electron chi connectivity index (χ0n) is 33.5. The van der Waals surface area contributed by atoms with Crippen LogP contribution >= 0.6 is 37.9 Å². The molecule has 3 aromatic carbocycles. The highest BCUT2D eigenvalue weighted by Gasteiger charge is 2.20. The third-order valence-electron chi connectivity index (χ3n) is 10.1. The Morgan fingerprint density at radius 2 is 1.18 bits per heavy atom. The van der Waals surface area contributed by atoms with Crippen LogP contribution in [0, 0.1) is 0 Å². The van der Waals surface area contributed by atoms with E-state index in [0.29, 0.717) is 12.1 Å². The minimum Gasteiger partial charge on any atom is -0.388 e. The van der Waals surface area contributed by atoms with Crippen molar-refractivity contribution in [2.24, 2.45) is 0 Å². The van der Waals surface area contributed by atoms with Gasteiger partial charge in [-0.3, -0.25) is 4.55 Å². The van der Waals surface area contributed by atoms with Crippen molar-refractivity contribution in [3.8, 4) is 33.4 Å². The van der Waals surface area contributed by atoms with Gasteiger partial charge in [-0.25, -0.2) is 9.97 Å². The van der Waals surface area contributed by atoms with Crippen LogP contribution in [0.5, 0.6) is 0 Å². The molecule has 0 unspecified atom stereocenters. The summed E-state index contributed by atoms with van der Waals surface area (Å²) in [4.78, 5) is 16.8. The molecule has 8 rings (SSSR count). The zero-order valence-corrected chi connectivity index (χ0v) is 37.0. The van der Waals surface area contributed by atoms with Gasteiger partial charge in [0.05, 0.1) is 27.7 Å². The van der Waals surface area contributed by atoms with E-state index in [0.717, 1.165) is 98.6 Å². The molecule has 60 heavy (non-hydrogen) atoms. The molecule has 2 aliphatic heterocycles. The lowest BCUT2D eigenvalue weighted by Crippen LogP contribution is -1.98. The van der Waals surface area contributed by atoms with Crippen LogP contribution in [0.15, 0.2) is 147 Å². The Labute approximate surface area is 368 Å². The summed E-state index contributed by atoms with van der Waals surface area (Å²) < 4.78 is 34.2. The fraction of sp³-hybridized carbons (Fsp3) is 0.102. The summed E-state index contributed by atoms with van der Waals surface area (Å²) in [5, 5.41) is 3.39. The van der Waals surface area contributed by atoms with E-state index in [1.165, 1.54) is 12.2 Å². The lowest BCUT2D eigenvalue weighted by molar-refractivity contribution is 0.492. The minimum absolute atomic E-state index is 0.189. The maximum atomic E-state index is 12.2. The standard InChI is InChI=1S/C47H38N4O3S4.C2H6/c1-28-27-43-46(32-13-20-35(57)21-14-32)42-26-25-41(50-42)45(31-11-18-34(56)19-12-31)40-24-23-39(49-40)44(30-5-3-6-36(22-15-30)58(52,53)54)38(48-2)8-4-7-37(47(28)51-43)29-9-16-33(55)17-10-29;1-2/h3-4,6-27,48,50,55-57H,5H2,1-2H3,(H,52,53,54);1-2H3. The predicted molar refractivity (Wildman–Crippen MR) is 261 cm³/mol. The molecule has 0 atom stereocenters. The van der Waals surface area contributed by atoms with Gasteiger partial charge in [0.2, 0.25) is 0 Å². The molecule has 4 heterocycles. The average molecular weight is 865 g/mol. The van der Waals surface area contributed by atoms with Gasteiger partial charge in [-0.1, -0.05) is 74.5 Å². The maximum Gasteiger partial charge on any atom is 0.294 e. The molecule has 0 amide bonds. The summed E-state index contributed by atoms with van der Waals surface area (Å²) in [5.41, 5.74) is 13.8. The number of aromatic amines is 1. The second kappa shape index (κ2) is 18.4. The molecule has 3 aliphatic rings. The molecule has 7 nitrogen and oxygen atoms in total. The van der Waals surface area contributed by atoms with Gasteiger partial charge in [0.25, 0.3) is 10.1 Å². The summed E-state index contributed by atoms with van der Waals surface area (Å²) >= 11 is 13.7. The SMILES string of the molecule is CC.CNc1cccc(-c2ccc(S)cc2)c2nc(c(-c3ccc(S)cc3)c3ccc([nH]3)c(-c3ccc(S)cc3)c3nc(c1C1=CC=C(S(=O)(=O)O)C=CC1)C=C3)C=C2C. The van der Waals surface area contributed by atoms with Gasteiger partial charge in [-0.05, 0) is 126 Å². The van der Waals surface area contributed by atoms with E-state index in [1.54, 1.807) is 12.2 Å². The summed E-state index contributed by atoms with van der Waals surface area (Å²) in [6.07, 6.45) is 12.8. The van der Waals surface area contributed by atoms with Crippen molar-refractivity contribution in [1.29, 1.82) is 0 Å². The number of anilines is 1. The van der Waals surface area contributed by atoms with E-state index >= 15 is 0 Å². The Morgan fingerprint density at radius 3 is 1.73 bits per heavy atom. The third-order valence-corrected chi connectivity index (χ3v) is 11.9. The smallest absolute Gasteiger partial charge is 0.294 e. The van der Waals surface area contributed by atoms with Crippen molar-refractivity contribution >= 4 is 94.1 Å². The molecule has 0 fully saturated rings. The van der Waals surface area contributed by atoms with Crippen LogP contribution < -0.4 is 5.32 Å². The van der Waals surface area contributed by atoms with Crippen molar-refractivity contribution < 1.29 is 13.0 Å². The van der Waals surface area contributed by atoms with Crippen LogP contribution in [-0.4, -0.2) is 35.0 Å². The second-order valence-corrected chi connectivity index (χ2v) is 16.9. The van der Waals surface area contributed by atoms with E-state index in [1.807, 2.05) is 106 Å². The Balaban J connectivity index is 0.00000268. The normalized spacial score (nSPS) is 13.2. The average Bonchev–Trinajstić information content (AvgIpc) is 3.95. The highest BCUT2D eigenvalue weighted by molar-refractivity contribution is 7.90. The molecule has 0 saturated carbocycles. The highest BCUT2D eigenvalue weighted by atomic mass is 32.2. The first-order valence-electron chi connectivity index (χ1n) is 19.4. The van der Waals surface area contributed by atoms with Crippen LogP contribution in [0.2, 0.25) is 0 Å². The maximum absolute atomic E-state index is 12.2. The molecule has 2 aromatic heterocycles. The molecular formula is C49H44N4O3S4. The molecule has 302 valence electrons. The first-order chi connectivity index (χ1) is 29.0. The fourth-order valence-electron chi connectivity index (χ4n) is 7.31. The molecular weight excluding hydrogens is 821 g/mol. The Morgan fingerprint density at radius 1 is 0.650 bits per heavy atom. The topological polar surface area (TPSA) is 108 Å². The quantitative estimate of drug-likeness (QED) is 0.0735. The van der Waals surface area contributed by atoms with E-state index in [9.17, 15) is 13.0 Å². The van der Waals surface area contributed by atoms with E-state index < -0.39 is 10.1 Å². The van der Waals surface area contributed by atoms with Crippen LogP contribution in [0.4, 0.5) is 5.69 Å². The van der Waals surface area contributed by atoms with Gasteiger partial charge in [0.15, 0.2) is 0 Å². The molecule has 0 spiro atoms. The predicted octanol–water partition coefficient (Wildman–Crippen LogP) is 13.2. The van der Waals surface area contributed by atoms with E-state index in [2.05, 4.69) is 91.5 Å². The third kappa shape index (κ3) is 9.11. The first kappa shape index (κ1) is 42.6. The lowest BCUT2D eigenvalue weighted by atomic mass is 9.99. The van der Waals surface area contributed by atoms with Crippen molar-refractivity contribution in [3.05, 3.63) is 161 Å². The van der Waals surface area contributed by atoms with Crippen molar-refractivity contribution in [2.45, 2.75) is 41.9 Å². The number of H-pyrrole nitrogens is 1.